The highest BCUT2D eigenvalue weighted by atomic mass is 35.5. The van der Waals surface area contributed by atoms with Gasteiger partial charge in [0.15, 0.2) is 0 Å². The molecule has 2 aromatic rings. The fourth-order valence-corrected chi connectivity index (χ4v) is 1.74. The second-order valence-electron chi connectivity index (χ2n) is 3.94. The lowest BCUT2D eigenvalue weighted by Gasteiger charge is -2.08. The Balaban J connectivity index is 2.01. The smallest absolute Gasteiger partial charge is 0.273 e. The van der Waals surface area contributed by atoms with Crippen LogP contribution in [0.25, 0.3) is 0 Å². The largest absolute Gasteiger partial charge is 0.507 e. The molecule has 20 heavy (non-hydrogen) atoms. The van der Waals surface area contributed by atoms with Gasteiger partial charge >= 0.3 is 0 Å². The van der Waals surface area contributed by atoms with Crippen molar-refractivity contribution in [3.05, 3.63) is 64.7 Å². The van der Waals surface area contributed by atoms with E-state index in [1.807, 2.05) is 0 Å². The molecule has 102 valence electrons. The molecule has 2 rings (SSSR count). The fourth-order valence-electron chi connectivity index (χ4n) is 1.55. The van der Waals surface area contributed by atoms with Crippen LogP contribution in [0.2, 0.25) is 5.02 Å². The Morgan fingerprint density at radius 2 is 1.65 bits per heavy atom. The van der Waals surface area contributed by atoms with Gasteiger partial charge in [0.2, 0.25) is 0 Å². The molecule has 6 heteroatoms. The molecule has 0 aliphatic rings. The van der Waals surface area contributed by atoms with Crippen LogP contribution in [0.3, 0.4) is 0 Å². The molecule has 3 N–H and O–H groups in total. The predicted octanol–water partition coefficient (Wildman–Crippen LogP) is 2.12. The fraction of sp³-hybridized carbons (Fsp3) is 0. The van der Waals surface area contributed by atoms with Crippen LogP contribution in [-0.2, 0) is 0 Å². The molecule has 0 heterocycles. The van der Waals surface area contributed by atoms with Gasteiger partial charge in [0.25, 0.3) is 11.8 Å². The van der Waals surface area contributed by atoms with Gasteiger partial charge in [-0.15, -0.1) is 0 Å². The lowest BCUT2D eigenvalue weighted by Crippen LogP contribution is -2.41. The standard InChI is InChI=1S/C14H11ClN2O3/c15-10-5-3-4-9(8-10)13(19)16-17-14(20)11-6-1-2-7-12(11)18/h1-8,18H,(H,16,19)(H,17,20). The number of phenolic OH excluding ortho intramolecular Hbond substituents is 1. The predicted molar refractivity (Wildman–Crippen MR) is 74.5 cm³/mol. The first-order chi connectivity index (χ1) is 9.58. The molecule has 0 saturated heterocycles. The van der Waals surface area contributed by atoms with Crippen molar-refractivity contribution in [2.75, 3.05) is 0 Å². The molecule has 0 fully saturated rings. The lowest BCUT2D eigenvalue weighted by atomic mass is 10.2. The average molecular weight is 291 g/mol. The third kappa shape index (κ3) is 3.27. The highest BCUT2D eigenvalue weighted by Crippen LogP contribution is 2.14. The van der Waals surface area contributed by atoms with Gasteiger partial charge < -0.3 is 5.11 Å². The quantitative estimate of drug-likeness (QED) is 0.741. The van der Waals surface area contributed by atoms with Crippen LogP contribution in [0, 0.1) is 0 Å². The van der Waals surface area contributed by atoms with E-state index in [0.717, 1.165) is 0 Å². The number of hydrogen-bond acceptors (Lipinski definition) is 3. The summed E-state index contributed by atoms with van der Waals surface area (Å²) < 4.78 is 0. The van der Waals surface area contributed by atoms with E-state index in [1.54, 1.807) is 30.3 Å². The van der Waals surface area contributed by atoms with Crippen molar-refractivity contribution in [3.63, 3.8) is 0 Å². The van der Waals surface area contributed by atoms with Crippen molar-refractivity contribution < 1.29 is 14.7 Å². The third-order valence-corrected chi connectivity index (χ3v) is 2.76. The van der Waals surface area contributed by atoms with Gasteiger partial charge in [-0.05, 0) is 30.3 Å². The molecule has 2 aromatic carbocycles. The van der Waals surface area contributed by atoms with Crippen molar-refractivity contribution in [3.8, 4) is 5.75 Å². The Bertz CT molecular complexity index is 658. The number of nitrogens with one attached hydrogen (secondary N) is 2. The van der Waals surface area contributed by atoms with E-state index in [9.17, 15) is 14.7 Å². The summed E-state index contributed by atoms with van der Waals surface area (Å²) in [4.78, 5) is 23.5. The van der Waals surface area contributed by atoms with E-state index in [2.05, 4.69) is 10.9 Å². The zero-order valence-corrected chi connectivity index (χ0v) is 11.0. The molecular formula is C14H11ClN2O3. The molecular weight excluding hydrogens is 280 g/mol. The topological polar surface area (TPSA) is 78.4 Å². The summed E-state index contributed by atoms with van der Waals surface area (Å²) >= 11 is 5.77. The van der Waals surface area contributed by atoms with Crippen LogP contribution in [0.1, 0.15) is 20.7 Å². The van der Waals surface area contributed by atoms with E-state index in [0.29, 0.717) is 10.6 Å². The number of carbonyl (C=O) groups is 2. The van der Waals surface area contributed by atoms with E-state index in [4.69, 9.17) is 11.6 Å². The second-order valence-corrected chi connectivity index (χ2v) is 4.37. The van der Waals surface area contributed by atoms with Gasteiger partial charge in [0, 0.05) is 10.6 Å². The van der Waals surface area contributed by atoms with Crippen LogP contribution in [-0.4, -0.2) is 16.9 Å². The summed E-state index contributed by atoms with van der Waals surface area (Å²) in [6.07, 6.45) is 0. The number of amides is 2. The molecule has 0 aromatic heterocycles. The number of hydrogen-bond donors (Lipinski definition) is 3. The number of carbonyl (C=O) groups excluding carboxylic acids is 2. The minimum Gasteiger partial charge on any atom is -0.507 e. The van der Waals surface area contributed by atoms with Crippen LogP contribution >= 0.6 is 11.6 Å². The van der Waals surface area contributed by atoms with E-state index in [-0.39, 0.29) is 11.3 Å². The normalized spacial score (nSPS) is 9.85. The number of hydrazine groups is 1. The highest BCUT2D eigenvalue weighted by Gasteiger charge is 2.12. The van der Waals surface area contributed by atoms with Crippen molar-refractivity contribution in [2.24, 2.45) is 0 Å². The van der Waals surface area contributed by atoms with Gasteiger partial charge in [-0.1, -0.05) is 29.8 Å². The Morgan fingerprint density at radius 3 is 2.35 bits per heavy atom. The molecule has 0 atom stereocenters. The first-order valence-electron chi connectivity index (χ1n) is 5.72. The molecule has 0 unspecified atom stereocenters. The summed E-state index contributed by atoms with van der Waals surface area (Å²) in [6.45, 7) is 0. The van der Waals surface area contributed by atoms with Gasteiger partial charge in [-0.25, -0.2) is 0 Å². The van der Waals surface area contributed by atoms with Crippen molar-refractivity contribution in [1.29, 1.82) is 0 Å². The van der Waals surface area contributed by atoms with Gasteiger partial charge in [0.05, 0.1) is 5.56 Å². The summed E-state index contributed by atoms with van der Waals surface area (Å²) in [6, 6.07) is 12.3. The Kier molecular flexibility index (Phi) is 4.22. The summed E-state index contributed by atoms with van der Waals surface area (Å²) in [7, 11) is 0. The lowest BCUT2D eigenvalue weighted by molar-refractivity contribution is 0.0845. The number of aromatic hydroxyl groups is 1. The van der Waals surface area contributed by atoms with Crippen LogP contribution < -0.4 is 10.9 Å². The molecule has 0 spiro atoms. The molecule has 5 nitrogen and oxygen atoms in total. The molecule has 0 radical (unpaired) electrons. The van der Waals surface area contributed by atoms with Crippen molar-refractivity contribution in [1.82, 2.24) is 10.9 Å². The maximum Gasteiger partial charge on any atom is 0.273 e. The molecule has 0 aliphatic carbocycles. The number of para-hydroxylation sites is 1. The van der Waals surface area contributed by atoms with Crippen LogP contribution in [0.4, 0.5) is 0 Å². The molecule has 0 saturated carbocycles. The molecule has 0 aliphatic heterocycles. The zero-order valence-electron chi connectivity index (χ0n) is 10.3. The molecule has 2 amide bonds. The van der Waals surface area contributed by atoms with Crippen LogP contribution in [0.15, 0.2) is 48.5 Å². The van der Waals surface area contributed by atoms with Gasteiger partial charge in [-0.3, -0.25) is 20.4 Å². The third-order valence-electron chi connectivity index (χ3n) is 2.53. The second kappa shape index (κ2) is 6.08. The van der Waals surface area contributed by atoms with Gasteiger partial charge in [0.1, 0.15) is 5.75 Å². The van der Waals surface area contributed by atoms with Crippen LogP contribution in [0.5, 0.6) is 5.75 Å². The van der Waals surface area contributed by atoms with E-state index in [1.165, 1.54) is 18.2 Å². The number of halogens is 1. The van der Waals surface area contributed by atoms with E-state index < -0.39 is 11.8 Å². The first-order valence-corrected chi connectivity index (χ1v) is 6.10. The van der Waals surface area contributed by atoms with E-state index >= 15 is 0 Å². The number of rotatable bonds is 2. The average Bonchev–Trinajstić information content (AvgIpc) is 2.45. The Morgan fingerprint density at radius 1 is 0.950 bits per heavy atom. The minimum atomic E-state index is -0.613. The Labute approximate surface area is 120 Å². The van der Waals surface area contributed by atoms with Crippen molar-refractivity contribution in [2.45, 2.75) is 0 Å². The summed E-state index contributed by atoms with van der Waals surface area (Å²) in [5.74, 6) is -1.28. The maximum atomic E-state index is 11.8. The van der Waals surface area contributed by atoms with Crippen molar-refractivity contribution >= 4 is 23.4 Å². The summed E-state index contributed by atoms with van der Waals surface area (Å²) in [5, 5.41) is 9.93. The monoisotopic (exact) mass is 290 g/mol. The highest BCUT2D eigenvalue weighted by molar-refractivity contribution is 6.30. The number of phenols is 1. The zero-order chi connectivity index (χ0) is 14.5. The number of benzene rings is 2. The maximum absolute atomic E-state index is 11.8. The Hall–Kier alpha value is -2.53. The minimum absolute atomic E-state index is 0.0684. The molecule has 0 bridgehead atoms. The SMILES string of the molecule is O=C(NNC(=O)c1ccccc1O)c1cccc(Cl)c1. The summed E-state index contributed by atoms with van der Waals surface area (Å²) in [5.41, 5.74) is 4.84. The van der Waals surface area contributed by atoms with Gasteiger partial charge in [-0.2, -0.15) is 0 Å². The first kappa shape index (κ1) is 13.9.